The van der Waals surface area contributed by atoms with Crippen LogP contribution in [0.15, 0.2) is 48.9 Å². The molecule has 1 fully saturated rings. The van der Waals surface area contributed by atoms with Crippen molar-refractivity contribution in [1.29, 1.82) is 0 Å². The van der Waals surface area contributed by atoms with E-state index in [0.717, 1.165) is 43.8 Å². The topological polar surface area (TPSA) is 71.5 Å². The van der Waals surface area contributed by atoms with Gasteiger partial charge in [-0.1, -0.05) is 30.3 Å². The minimum Gasteiger partial charge on any atom is -0.362 e. The van der Waals surface area contributed by atoms with Gasteiger partial charge in [0.05, 0.1) is 6.04 Å². The first-order valence-electron chi connectivity index (χ1n) is 9.31. The molecule has 26 heavy (non-hydrogen) atoms. The van der Waals surface area contributed by atoms with Crippen molar-refractivity contribution < 1.29 is 0 Å². The Morgan fingerprint density at radius 3 is 2.73 bits per heavy atom. The lowest BCUT2D eigenvalue weighted by Crippen LogP contribution is -2.39. The van der Waals surface area contributed by atoms with Crippen LogP contribution in [0, 0.1) is 0 Å². The van der Waals surface area contributed by atoms with Gasteiger partial charge < -0.3 is 11.1 Å². The molecule has 0 amide bonds. The smallest absolute Gasteiger partial charge is 0.154 e. The van der Waals surface area contributed by atoms with Gasteiger partial charge in [-0.15, -0.1) is 0 Å². The van der Waals surface area contributed by atoms with E-state index in [1.165, 1.54) is 11.1 Å². The maximum atomic E-state index is 6.03. The van der Waals surface area contributed by atoms with Crippen LogP contribution >= 0.6 is 0 Å². The highest BCUT2D eigenvalue weighted by Crippen LogP contribution is 2.25. The van der Waals surface area contributed by atoms with Gasteiger partial charge in [-0.25, -0.2) is 9.50 Å². The summed E-state index contributed by atoms with van der Waals surface area (Å²) in [5.74, 6) is 0.880. The molecule has 1 atom stereocenters. The van der Waals surface area contributed by atoms with Gasteiger partial charge in [0.2, 0.25) is 0 Å². The fourth-order valence-electron chi connectivity index (χ4n) is 3.63. The molecule has 0 radical (unpaired) electrons. The summed E-state index contributed by atoms with van der Waals surface area (Å²) in [6.45, 7) is 5.17. The fourth-order valence-corrected chi connectivity index (χ4v) is 3.63. The number of hydrogen-bond acceptors (Lipinski definition) is 5. The number of likely N-dealkylation sites (tertiary alicyclic amines) is 1. The molecular weight excluding hydrogens is 324 g/mol. The Morgan fingerprint density at radius 1 is 1.19 bits per heavy atom. The van der Waals surface area contributed by atoms with E-state index in [1.807, 2.05) is 16.8 Å². The van der Waals surface area contributed by atoms with E-state index in [2.05, 4.69) is 57.6 Å². The van der Waals surface area contributed by atoms with Gasteiger partial charge in [-0.3, -0.25) is 4.90 Å². The summed E-state index contributed by atoms with van der Waals surface area (Å²) in [7, 11) is 0. The van der Waals surface area contributed by atoms with Gasteiger partial charge >= 0.3 is 0 Å². The van der Waals surface area contributed by atoms with Crippen LogP contribution in [0.4, 0.5) is 5.82 Å². The molecule has 0 aliphatic carbocycles. The standard InChI is InChI=1S/C20H26N6/c1-15(16-5-3-2-4-6-16)24-20-19-17(7-12-26(19)23-14-22-20)13-25-10-8-18(21)9-11-25/h2-7,12,14-15,18H,8-11,13,21H2,1H3,(H,22,23,24)/t15-/m0/s1. The van der Waals surface area contributed by atoms with E-state index in [-0.39, 0.29) is 6.04 Å². The molecule has 0 spiro atoms. The summed E-state index contributed by atoms with van der Waals surface area (Å²) >= 11 is 0. The van der Waals surface area contributed by atoms with Crippen molar-refractivity contribution in [2.75, 3.05) is 18.4 Å². The van der Waals surface area contributed by atoms with E-state index in [1.54, 1.807) is 6.33 Å². The predicted molar refractivity (Wildman–Crippen MR) is 104 cm³/mol. The van der Waals surface area contributed by atoms with Gasteiger partial charge in [0.25, 0.3) is 0 Å². The number of anilines is 1. The van der Waals surface area contributed by atoms with Gasteiger partial charge in [0, 0.05) is 18.8 Å². The largest absolute Gasteiger partial charge is 0.362 e. The summed E-state index contributed by atoms with van der Waals surface area (Å²) in [6, 6.07) is 13.1. The Labute approximate surface area is 154 Å². The summed E-state index contributed by atoms with van der Waals surface area (Å²) in [6.07, 6.45) is 5.76. The number of hydrogen-bond donors (Lipinski definition) is 2. The van der Waals surface area contributed by atoms with Gasteiger partial charge in [0.15, 0.2) is 5.82 Å². The van der Waals surface area contributed by atoms with Gasteiger partial charge in [-0.05, 0) is 50.0 Å². The van der Waals surface area contributed by atoms with Crippen LogP contribution < -0.4 is 11.1 Å². The van der Waals surface area contributed by atoms with Crippen molar-refractivity contribution in [2.45, 2.75) is 38.4 Å². The van der Waals surface area contributed by atoms with Gasteiger partial charge in [0.1, 0.15) is 11.8 Å². The van der Waals surface area contributed by atoms with E-state index in [0.29, 0.717) is 6.04 Å². The zero-order valence-electron chi connectivity index (χ0n) is 15.2. The first-order chi connectivity index (χ1) is 12.7. The molecule has 0 saturated carbocycles. The molecule has 3 N–H and O–H groups in total. The van der Waals surface area contributed by atoms with Crippen molar-refractivity contribution >= 4 is 11.3 Å². The molecule has 1 aliphatic rings. The lowest BCUT2D eigenvalue weighted by atomic mass is 10.1. The highest BCUT2D eigenvalue weighted by Gasteiger charge is 2.19. The Bertz CT molecular complexity index is 851. The molecule has 0 bridgehead atoms. The molecule has 1 aromatic carbocycles. The molecule has 1 aliphatic heterocycles. The Kier molecular flexibility index (Phi) is 4.86. The SMILES string of the molecule is C[C@H](Nc1ncnn2ccc(CN3CCC(N)CC3)c12)c1ccccc1. The highest BCUT2D eigenvalue weighted by atomic mass is 15.3. The number of nitrogens with one attached hydrogen (secondary N) is 1. The molecule has 2 aromatic heterocycles. The highest BCUT2D eigenvalue weighted by molar-refractivity contribution is 5.72. The second-order valence-corrected chi connectivity index (χ2v) is 7.13. The third-order valence-corrected chi connectivity index (χ3v) is 5.22. The second kappa shape index (κ2) is 7.43. The average Bonchev–Trinajstić information content (AvgIpc) is 3.08. The maximum absolute atomic E-state index is 6.03. The molecular formula is C20H26N6. The lowest BCUT2D eigenvalue weighted by Gasteiger charge is -2.29. The number of benzene rings is 1. The predicted octanol–water partition coefficient (Wildman–Crippen LogP) is 2.83. The summed E-state index contributed by atoms with van der Waals surface area (Å²) < 4.78 is 1.91. The van der Waals surface area contributed by atoms with Crippen LogP contribution in [0.1, 0.15) is 36.9 Å². The van der Waals surface area contributed by atoms with E-state index in [4.69, 9.17) is 5.73 Å². The minimum absolute atomic E-state index is 0.172. The normalized spacial score (nSPS) is 17.5. The summed E-state index contributed by atoms with van der Waals surface area (Å²) in [4.78, 5) is 7.00. The molecule has 136 valence electrons. The van der Waals surface area contributed by atoms with Crippen LogP contribution in [-0.4, -0.2) is 38.6 Å². The maximum Gasteiger partial charge on any atom is 0.154 e. The average molecular weight is 350 g/mol. The van der Waals surface area contributed by atoms with Crippen LogP contribution in [-0.2, 0) is 6.54 Å². The van der Waals surface area contributed by atoms with E-state index >= 15 is 0 Å². The van der Waals surface area contributed by atoms with Crippen molar-refractivity contribution in [1.82, 2.24) is 19.5 Å². The molecule has 3 heterocycles. The summed E-state index contributed by atoms with van der Waals surface area (Å²) in [5.41, 5.74) is 9.59. The molecule has 1 saturated heterocycles. The number of nitrogens with two attached hydrogens (primary N) is 1. The Morgan fingerprint density at radius 2 is 1.96 bits per heavy atom. The Hall–Kier alpha value is -2.44. The molecule has 3 aromatic rings. The van der Waals surface area contributed by atoms with Crippen molar-refractivity contribution in [3.63, 3.8) is 0 Å². The van der Waals surface area contributed by atoms with Crippen molar-refractivity contribution in [2.24, 2.45) is 5.73 Å². The van der Waals surface area contributed by atoms with Gasteiger partial charge in [-0.2, -0.15) is 5.10 Å². The lowest BCUT2D eigenvalue weighted by molar-refractivity contribution is 0.206. The van der Waals surface area contributed by atoms with Crippen molar-refractivity contribution in [3.8, 4) is 0 Å². The van der Waals surface area contributed by atoms with Crippen molar-refractivity contribution in [3.05, 3.63) is 60.0 Å². The molecule has 0 unspecified atom stereocenters. The monoisotopic (exact) mass is 350 g/mol. The summed E-state index contributed by atoms with van der Waals surface area (Å²) in [5, 5.41) is 7.94. The minimum atomic E-state index is 0.172. The zero-order valence-corrected chi connectivity index (χ0v) is 15.2. The Balaban J connectivity index is 1.58. The molecule has 6 nitrogen and oxygen atoms in total. The third-order valence-electron chi connectivity index (χ3n) is 5.22. The van der Waals surface area contributed by atoms with Crippen LogP contribution in [0.2, 0.25) is 0 Å². The number of nitrogens with zero attached hydrogens (tertiary/aromatic N) is 4. The van der Waals surface area contributed by atoms with E-state index in [9.17, 15) is 0 Å². The number of aromatic nitrogens is 3. The quantitative estimate of drug-likeness (QED) is 0.740. The zero-order chi connectivity index (χ0) is 17.9. The first kappa shape index (κ1) is 17.0. The molecule has 6 heteroatoms. The molecule has 4 rings (SSSR count). The van der Waals surface area contributed by atoms with Crippen LogP contribution in [0.3, 0.4) is 0 Å². The number of piperidine rings is 1. The number of fused-ring (bicyclic) bond motifs is 1. The van der Waals surface area contributed by atoms with Crippen LogP contribution in [0.5, 0.6) is 0 Å². The number of rotatable bonds is 5. The first-order valence-corrected chi connectivity index (χ1v) is 9.31. The third kappa shape index (κ3) is 3.57. The second-order valence-electron chi connectivity index (χ2n) is 7.13. The van der Waals surface area contributed by atoms with Crippen LogP contribution in [0.25, 0.3) is 5.52 Å². The van der Waals surface area contributed by atoms with E-state index < -0.39 is 0 Å². The fraction of sp³-hybridized carbons (Fsp3) is 0.400.